The number of nitrogens with zero attached hydrogens (tertiary/aromatic N) is 1. The largest absolute Gasteiger partial charge is 0.494 e. The Balaban J connectivity index is 2.75. The first kappa shape index (κ1) is 13.4. The molecule has 94 valence electrons. The van der Waals surface area contributed by atoms with Crippen LogP contribution in [0, 0.1) is 5.82 Å². The second kappa shape index (κ2) is 5.63. The fourth-order valence-electron chi connectivity index (χ4n) is 1.42. The second-order valence-electron chi connectivity index (χ2n) is 3.90. The monoisotopic (exact) mass is 241 g/mol. The number of hydrogen-bond donors (Lipinski definition) is 1. The average Bonchev–Trinajstić information content (AvgIpc) is 2.28. The SMILES string of the molecule is COc1ccc(CN(C)C(C)C(=O)O)cc1F. The van der Waals surface area contributed by atoms with E-state index in [1.54, 1.807) is 24.9 Å². The predicted molar refractivity (Wildman–Crippen MR) is 61.5 cm³/mol. The highest BCUT2D eigenvalue weighted by molar-refractivity contribution is 5.72. The summed E-state index contributed by atoms with van der Waals surface area (Å²) in [6.45, 7) is 1.95. The molecule has 0 bridgehead atoms. The molecule has 0 fully saturated rings. The minimum atomic E-state index is -0.901. The van der Waals surface area contributed by atoms with Crippen molar-refractivity contribution in [3.63, 3.8) is 0 Å². The van der Waals surface area contributed by atoms with Crippen LogP contribution < -0.4 is 4.74 Å². The molecule has 5 heteroatoms. The molecule has 1 aromatic carbocycles. The van der Waals surface area contributed by atoms with Crippen molar-refractivity contribution in [2.75, 3.05) is 14.2 Å². The smallest absolute Gasteiger partial charge is 0.320 e. The highest BCUT2D eigenvalue weighted by atomic mass is 19.1. The molecule has 1 rings (SSSR count). The third-order valence-electron chi connectivity index (χ3n) is 2.67. The minimum absolute atomic E-state index is 0.183. The number of ether oxygens (including phenoxy) is 1. The molecule has 1 N–H and O–H groups in total. The van der Waals surface area contributed by atoms with Gasteiger partial charge in [-0.3, -0.25) is 9.69 Å². The van der Waals surface area contributed by atoms with Gasteiger partial charge >= 0.3 is 5.97 Å². The average molecular weight is 241 g/mol. The molecule has 0 heterocycles. The zero-order valence-electron chi connectivity index (χ0n) is 10.1. The normalized spacial score (nSPS) is 12.5. The van der Waals surface area contributed by atoms with Gasteiger partial charge in [0.15, 0.2) is 11.6 Å². The number of carboxylic acid groups (broad SMARTS) is 1. The summed E-state index contributed by atoms with van der Waals surface area (Å²) in [5.74, 6) is -1.16. The third kappa shape index (κ3) is 3.42. The molecule has 0 amide bonds. The first-order valence-corrected chi connectivity index (χ1v) is 5.21. The number of halogens is 1. The number of likely N-dealkylation sites (N-methyl/N-ethyl adjacent to an activating group) is 1. The van der Waals surface area contributed by atoms with E-state index in [-0.39, 0.29) is 5.75 Å². The van der Waals surface area contributed by atoms with Crippen molar-refractivity contribution in [3.8, 4) is 5.75 Å². The van der Waals surface area contributed by atoms with E-state index < -0.39 is 17.8 Å². The van der Waals surface area contributed by atoms with E-state index in [2.05, 4.69) is 0 Å². The van der Waals surface area contributed by atoms with Gasteiger partial charge in [-0.05, 0) is 31.7 Å². The Hall–Kier alpha value is -1.62. The molecule has 1 unspecified atom stereocenters. The molecule has 0 saturated carbocycles. The predicted octanol–water partition coefficient (Wildman–Crippen LogP) is 1.74. The first-order valence-electron chi connectivity index (χ1n) is 5.21. The second-order valence-corrected chi connectivity index (χ2v) is 3.90. The topological polar surface area (TPSA) is 49.8 Å². The maximum absolute atomic E-state index is 13.4. The lowest BCUT2D eigenvalue weighted by Crippen LogP contribution is -2.35. The number of aliphatic carboxylic acids is 1. The van der Waals surface area contributed by atoms with Crippen LogP contribution in [0.3, 0.4) is 0 Å². The molecule has 4 nitrogen and oxygen atoms in total. The Morgan fingerprint density at radius 2 is 2.24 bits per heavy atom. The van der Waals surface area contributed by atoms with Crippen LogP contribution in [0.25, 0.3) is 0 Å². The minimum Gasteiger partial charge on any atom is -0.494 e. The van der Waals surface area contributed by atoms with Crippen LogP contribution in [0.1, 0.15) is 12.5 Å². The van der Waals surface area contributed by atoms with Crippen molar-refractivity contribution < 1.29 is 19.0 Å². The zero-order chi connectivity index (χ0) is 13.0. The lowest BCUT2D eigenvalue weighted by atomic mass is 10.2. The molecule has 1 aromatic rings. The van der Waals surface area contributed by atoms with Crippen molar-refractivity contribution in [1.29, 1.82) is 0 Å². The molecule has 17 heavy (non-hydrogen) atoms. The maximum atomic E-state index is 13.4. The third-order valence-corrected chi connectivity index (χ3v) is 2.67. The van der Waals surface area contributed by atoms with Crippen molar-refractivity contribution in [2.45, 2.75) is 19.5 Å². The molecular formula is C12H16FNO3. The number of benzene rings is 1. The van der Waals surface area contributed by atoms with Crippen LogP contribution in [0.15, 0.2) is 18.2 Å². The summed E-state index contributed by atoms with van der Waals surface area (Å²) in [5.41, 5.74) is 0.707. The van der Waals surface area contributed by atoms with Crippen LogP contribution >= 0.6 is 0 Å². The summed E-state index contributed by atoms with van der Waals surface area (Å²) in [6.07, 6.45) is 0. The van der Waals surface area contributed by atoms with E-state index in [0.717, 1.165) is 0 Å². The molecule has 0 aliphatic rings. The van der Waals surface area contributed by atoms with Crippen LogP contribution in [0.2, 0.25) is 0 Å². The molecule has 0 spiro atoms. The van der Waals surface area contributed by atoms with Crippen LogP contribution in [-0.2, 0) is 11.3 Å². The van der Waals surface area contributed by atoms with Gasteiger partial charge in [0.2, 0.25) is 0 Å². The number of carbonyl (C=O) groups is 1. The highest BCUT2D eigenvalue weighted by Gasteiger charge is 2.17. The number of rotatable bonds is 5. The van der Waals surface area contributed by atoms with E-state index in [1.165, 1.54) is 19.2 Å². The number of carboxylic acids is 1. The Morgan fingerprint density at radius 3 is 2.71 bits per heavy atom. The molecular weight excluding hydrogens is 225 g/mol. The van der Waals surface area contributed by atoms with Crippen molar-refractivity contribution in [2.24, 2.45) is 0 Å². The lowest BCUT2D eigenvalue weighted by Gasteiger charge is -2.21. The quantitative estimate of drug-likeness (QED) is 0.853. The van der Waals surface area contributed by atoms with Gasteiger partial charge in [0.1, 0.15) is 6.04 Å². The van der Waals surface area contributed by atoms with Crippen molar-refractivity contribution in [3.05, 3.63) is 29.6 Å². The summed E-state index contributed by atoms with van der Waals surface area (Å²) in [5, 5.41) is 8.83. The van der Waals surface area contributed by atoms with Crippen LogP contribution in [0.5, 0.6) is 5.75 Å². The fourth-order valence-corrected chi connectivity index (χ4v) is 1.42. The summed E-state index contributed by atoms with van der Waals surface area (Å²) in [7, 11) is 3.08. The van der Waals surface area contributed by atoms with Gasteiger partial charge in [0.05, 0.1) is 7.11 Å². The van der Waals surface area contributed by atoms with Crippen molar-refractivity contribution in [1.82, 2.24) is 4.90 Å². The Morgan fingerprint density at radius 1 is 1.59 bits per heavy atom. The highest BCUT2D eigenvalue weighted by Crippen LogP contribution is 2.18. The summed E-state index contributed by atoms with van der Waals surface area (Å²) in [4.78, 5) is 12.4. The van der Waals surface area contributed by atoms with Crippen LogP contribution in [-0.4, -0.2) is 36.2 Å². The Labute approximate surface area is 99.6 Å². The number of hydrogen-bond acceptors (Lipinski definition) is 3. The summed E-state index contributed by atoms with van der Waals surface area (Å²) < 4.78 is 18.2. The number of methoxy groups -OCH3 is 1. The van der Waals surface area contributed by atoms with Crippen LogP contribution in [0.4, 0.5) is 4.39 Å². The molecule has 0 aliphatic carbocycles. The van der Waals surface area contributed by atoms with E-state index in [1.807, 2.05) is 0 Å². The van der Waals surface area contributed by atoms with Gasteiger partial charge in [-0.2, -0.15) is 0 Å². The van der Waals surface area contributed by atoms with E-state index in [9.17, 15) is 9.18 Å². The van der Waals surface area contributed by atoms with E-state index in [4.69, 9.17) is 9.84 Å². The first-order chi connectivity index (χ1) is 7.95. The standard InChI is InChI=1S/C12H16FNO3/c1-8(12(15)16)14(2)7-9-4-5-11(17-3)10(13)6-9/h4-6,8H,7H2,1-3H3,(H,15,16). The lowest BCUT2D eigenvalue weighted by molar-refractivity contribution is -0.142. The maximum Gasteiger partial charge on any atom is 0.320 e. The molecule has 0 aromatic heterocycles. The Bertz CT molecular complexity index is 409. The summed E-state index contributed by atoms with van der Waals surface area (Å²) in [6, 6.07) is 3.99. The van der Waals surface area contributed by atoms with E-state index in [0.29, 0.717) is 12.1 Å². The molecule has 0 saturated heterocycles. The van der Waals surface area contributed by atoms with Gasteiger partial charge in [-0.25, -0.2) is 4.39 Å². The van der Waals surface area contributed by atoms with Gasteiger partial charge in [-0.15, -0.1) is 0 Å². The molecule has 1 atom stereocenters. The Kier molecular flexibility index (Phi) is 4.45. The van der Waals surface area contributed by atoms with Gasteiger partial charge in [-0.1, -0.05) is 6.07 Å². The summed E-state index contributed by atoms with van der Waals surface area (Å²) >= 11 is 0. The fraction of sp³-hybridized carbons (Fsp3) is 0.417. The van der Waals surface area contributed by atoms with E-state index >= 15 is 0 Å². The van der Waals surface area contributed by atoms with Gasteiger partial charge in [0, 0.05) is 6.54 Å². The van der Waals surface area contributed by atoms with Crippen molar-refractivity contribution >= 4 is 5.97 Å². The molecule has 0 aliphatic heterocycles. The molecule has 0 radical (unpaired) electrons. The van der Waals surface area contributed by atoms with Gasteiger partial charge < -0.3 is 9.84 Å². The van der Waals surface area contributed by atoms with Gasteiger partial charge in [0.25, 0.3) is 0 Å². The zero-order valence-corrected chi connectivity index (χ0v) is 10.1.